The monoisotopic (exact) mass is 166 g/mol. The Kier molecular flexibility index (Phi) is 1.78. The predicted molar refractivity (Wildman–Crippen MR) is 47.9 cm³/mol. The quantitative estimate of drug-likeness (QED) is 0.692. The minimum absolute atomic E-state index is 0.359. The van der Waals surface area contributed by atoms with Crippen LogP contribution in [0.4, 0.5) is 0 Å². The van der Waals surface area contributed by atoms with Crippen LogP contribution in [0.3, 0.4) is 0 Å². The molecule has 0 aliphatic carbocycles. The molecule has 0 amide bonds. The van der Waals surface area contributed by atoms with Gasteiger partial charge in [0.2, 0.25) is 0 Å². The summed E-state index contributed by atoms with van der Waals surface area (Å²) >= 11 is 1.98. The highest BCUT2D eigenvalue weighted by Crippen LogP contribution is 2.42. The first-order chi connectivity index (χ1) is 5.36. The van der Waals surface area contributed by atoms with Crippen LogP contribution in [0.25, 0.3) is 0 Å². The number of rotatable bonds is 1. The molecule has 1 saturated heterocycles. The van der Waals surface area contributed by atoms with Gasteiger partial charge < -0.3 is 5.11 Å². The lowest BCUT2D eigenvalue weighted by atomic mass is 10.1. The number of phenolic OH excluding ortho intramolecular Hbond substituents is 1. The van der Waals surface area contributed by atoms with E-state index in [1.807, 2.05) is 23.9 Å². The van der Waals surface area contributed by atoms with Gasteiger partial charge in [-0.2, -0.15) is 11.8 Å². The Morgan fingerprint density at radius 2 is 1.91 bits per heavy atom. The van der Waals surface area contributed by atoms with E-state index >= 15 is 0 Å². The lowest BCUT2D eigenvalue weighted by Crippen LogP contribution is -2.06. The molecule has 1 aliphatic heterocycles. The first-order valence-electron chi connectivity index (χ1n) is 3.77. The topological polar surface area (TPSA) is 20.2 Å². The highest BCUT2D eigenvalue weighted by atomic mass is 32.2. The lowest BCUT2D eigenvalue weighted by Gasteiger charge is -2.25. The summed E-state index contributed by atoms with van der Waals surface area (Å²) in [5, 5.41) is 9.71. The van der Waals surface area contributed by atoms with Gasteiger partial charge in [0.1, 0.15) is 5.75 Å². The summed E-state index contributed by atoms with van der Waals surface area (Å²) in [4.78, 5) is 0. The highest BCUT2D eigenvalue weighted by molar-refractivity contribution is 8.00. The summed E-state index contributed by atoms with van der Waals surface area (Å²) < 4.78 is 0. The average Bonchev–Trinajstić information content (AvgIpc) is 1.90. The van der Waals surface area contributed by atoms with E-state index in [4.69, 9.17) is 5.11 Å². The summed E-state index contributed by atoms with van der Waals surface area (Å²) in [5.41, 5.74) is 1.35. The largest absolute Gasteiger partial charge is 0.508 e. The van der Waals surface area contributed by atoms with E-state index in [1.54, 1.807) is 12.1 Å². The summed E-state index contributed by atoms with van der Waals surface area (Å²) in [7, 11) is 0. The van der Waals surface area contributed by atoms with Crippen molar-refractivity contribution < 1.29 is 5.11 Å². The van der Waals surface area contributed by atoms with Crippen LogP contribution in [0, 0.1) is 0 Å². The van der Waals surface area contributed by atoms with Crippen LogP contribution in [0.5, 0.6) is 5.75 Å². The average molecular weight is 166 g/mol. The second-order valence-electron chi connectivity index (χ2n) is 2.74. The normalized spacial score (nSPS) is 22.7. The van der Waals surface area contributed by atoms with Crippen LogP contribution in [0.2, 0.25) is 0 Å². The third-order valence-electron chi connectivity index (χ3n) is 1.96. The highest BCUT2D eigenvalue weighted by Gasteiger charge is 2.19. The summed E-state index contributed by atoms with van der Waals surface area (Å²) in [5.74, 6) is 1.64. The van der Waals surface area contributed by atoms with E-state index in [-0.39, 0.29) is 0 Å². The molecule has 0 bridgehead atoms. The minimum atomic E-state index is 0.359. The molecule has 0 saturated carbocycles. The van der Waals surface area contributed by atoms with Crippen LogP contribution in [-0.4, -0.2) is 10.9 Å². The maximum absolute atomic E-state index is 9.02. The second kappa shape index (κ2) is 2.78. The zero-order valence-electron chi connectivity index (χ0n) is 6.16. The van der Waals surface area contributed by atoms with Gasteiger partial charge in [-0.3, -0.25) is 0 Å². The van der Waals surface area contributed by atoms with Crippen LogP contribution < -0.4 is 0 Å². The molecule has 1 nitrogen and oxygen atoms in total. The van der Waals surface area contributed by atoms with Gasteiger partial charge in [-0.15, -0.1) is 0 Å². The Morgan fingerprint density at radius 1 is 1.27 bits per heavy atom. The van der Waals surface area contributed by atoms with Gasteiger partial charge in [0.05, 0.1) is 0 Å². The predicted octanol–water partition coefficient (Wildman–Crippen LogP) is 2.57. The van der Waals surface area contributed by atoms with Crippen LogP contribution in [-0.2, 0) is 0 Å². The summed E-state index contributed by atoms with van der Waals surface area (Å²) in [6.07, 6.45) is 1.29. The van der Waals surface area contributed by atoms with Crippen molar-refractivity contribution in [2.24, 2.45) is 0 Å². The number of aromatic hydroxyl groups is 1. The Labute approximate surface area is 70.4 Å². The van der Waals surface area contributed by atoms with Gasteiger partial charge in [0.25, 0.3) is 0 Å². The summed E-state index contributed by atoms with van der Waals surface area (Å²) in [6.45, 7) is 0. The zero-order valence-corrected chi connectivity index (χ0v) is 6.97. The van der Waals surface area contributed by atoms with E-state index < -0.39 is 0 Å². The fraction of sp³-hybridized carbons (Fsp3) is 0.333. The molecule has 2 heteroatoms. The molecule has 1 aromatic carbocycles. The second-order valence-corrected chi connectivity index (χ2v) is 4.05. The first kappa shape index (κ1) is 7.04. The van der Waals surface area contributed by atoms with Crippen molar-refractivity contribution >= 4 is 11.8 Å². The summed E-state index contributed by atoms with van der Waals surface area (Å²) in [6, 6.07) is 7.53. The number of benzene rings is 1. The zero-order chi connectivity index (χ0) is 7.68. The van der Waals surface area contributed by atoms with E-state index in [1.165, 1.54) is 17.7 Å². The third kappa shape index (κ3) is 1.36. The molecule has 11 heavy (non-hydrogen) atoms. The third-order valence-corrected chi connectivity index (χ3v) is 3.35. The van der Waals surface area contributed by atoms with E-state index in [0.29, 0.717) is 11.0 Å². The van der Waals surface area contributed by atoms with Crippen molar-refractivity contribution in [3.05, 3.63) is 29.8 Å². The fourth-order valence-corrected chi connectivity index (χ4v) is 2.01. The molecule has 1 N–H and O–H groups in total. The van der Waals surface area contributed by atoms with Gasteiger partial charge in [0, 0.05) is 5.25 Å². The van der Waals surface area contributed by atoms with Gasteiger partial charge >= 0.3 is 0 Å². The molecule has 58 valence electrons. The molecule has 0 aromatic heterocycles. The first-order valence-corrected chi connectivity index (χ1v) is 4.82. The molecule has 1 atom stereocenters. The molecule has 0 spiro atoms. The van der Waals surface area contributed by atoms with E-state index in [9.17, 15) is 0 Å². The van der Waals surface area contributed by atoms with Crippen LogP contribution in [0.15, 0.2) is 24.3 Å². The Balaban J connectivity index is 2.18. The van der Waals surface area contributed by atoms with Crippen molar-refractivity contribution in [3.63, 3.8) is 0 Å². The SMILES string of the molecule is Oc1ccc(C2CCS2)cc1. The van der Waals surface area contributed by atoms with Crippen molar-refractivity contribution in [2.45, 2.75) is 11.7 Å². The molecule has 1 aromatic rings. The smallest absolute Gasteiger partial charge is 0.115 e. The van der Waals surface area contributed by atoms with Crippen LogP contribution in [0.1, 0.15) is 17.2 Å². The van der Waals surface area contributed by atoms with E-state index in [0.717, 1.165) is 0 Å². The molecule has 0 radical (unpaired) electrons. The number of hydrogen-bond donors (Lipinski definition) is 1. The molecule has 1 unspecified atom stereocenters. The molecule has 1 fully saturated rings. The molecule has 1 aliphatic rings. The van der Waals surface area contributed by atoms with Gasteiger partial charge in [-0.05, 0) is 29.9 Å². The number of thioether (sulfide) groups is 1. The maximum Gasteiger partial charge on any atom is 0.115 e. The standard InChI is InChI=1S/C9H10OS/c10-8-3-1-7(2-4-8)9-5-6-11-9/h1-4,9-10H,5-6H2. The molecular weight excluding hydrogens is 156 g/mol. The number of hydrogen-bond acceptors (Lipinski definition) is 2. The van der Waals surface area contributed by atoms with E-state index in [2.05, 4.69) is 0 Å². The number of phenols is 1. The Hall–Kier alpha value is -0.630. The van der Waals surface area contributed by atoms with Crippen molar-refractivity contribution in [1.29, 1.82) is 0 Å². The molecule has 2 rings (SSSR count). The Bertz CT molecular complexity index is 238. The van der Waals surface area contributed by atoms with Crippen LogP contribution >= 0.6 is 11.8 Å². The van der Waals surface area contributed by atoms with Gasteiger partial charge in [-0.25, -0.2) is 0 Å². The van der Waals surface area contributed by atoms with Crippen molar-refractivity contribution in [2.75, 3.05) is 5.75 Å². The molecule has 1 heterocycles. The lowest BCUT2D eigenvalue weighted by molar-refractivity contribution is 0.475. The maximum atomic E-state index is 9.02. The van der Waals surface area contributed by atoms with Gasteiger partial charge in [0.15, 0.2) is 0 Å². The van der Waals surface area contributed by atoms with Crippen molar-refractivity contribution in [1.82, 2.24) is 0 Å². The minimum Gasteiger partial charge on any atom is -0.508 e. The fourth-order valence-electron chi connectivity index (χ4n) is 1.19. The molecular formula is C9H10OS. The Morgan fingerprint density at radius 3 is 2.36 bits per heavy atom. The van der Waals surface area contributed by atoms with Crippen molar-refractivity contribution in [3.8, 4) is 5.75 Å². The van der Waals surface area contributed by atoms with Gasteiger partial charge in [-0.1, -0.05) is 12.1 Å².